The highest BCUT2D eigenvalue weighted by atomic mass is 16.5. The molecule has 3 unspecified atom stereocenters. The van der Waals surface area contributed by atoms with Crippen LogP contribution in [0.3, 0.4) is 0 Å². The lowest BCUT2D eigenvalue weighted by Gasteiger charge is -2.50. The third kappa shape index (κ3) is 4.22. The molecule has 4 heterocycles. The van der Waals surface area contributed by atoms with Crippen molar-refractivity contribution in [3.8, 4) is 0 Å². The molecule has 2 aromatic rings. The molecule has 2 aliphatic heterocycles. The molecule has 1 amide bonds. The first-order chi connectivity index (χ1) is 18.9. The molecule has 39 heavy (non-hydrogen) atoms. The molecule has 0 aromatic carbocycles. The van der Waals surface area contributed by atoms with Gasteiger partial charge in [0.05, 0.1) is 18.9 Å². The molecule has 0 bridgehead atoms. The van der Waals surface area contributed by atoms with E-state index in [1.54, 1.807) is 4.80 Å². The van der Waals surface area contributed by atoms with Crippen molar-refractivity contribution in [3.63, 3.8) is 0 Å². The average molecular weight is 536 g/mol. The number of nitrogens with one attached hydrogen (secondary N) is 2. The van der Waals surface area contributed by atoms with E-state index in [1.165, 1.54) is 6.42 Å². The van der Waals surface area contributed by atoms with Crippen molar-refractivity contribution in [2.75, 3.05) is 31.2 Å². The highest BCUT2D eigenvalue weighted by molar-refractivity contribution is 5.82. The fourth-order valence-electron chi connectivity index (χ4n) is 7.85. The summed E-state index contributed by atoms with van der Waals surface area (Å²) in [4.78, 5) is 31.6. The number of rotatable bonds is 7. The summed E-state index contributed by atoms with van der Waals surface area (Å²) >= 11 is 0. The maximum Gasteiger partial charge on any atom is 0.240 e. The van der Waals surface area contributed by atoms with Gasteiger partial charge in [0.25, 0.3) is 0 Å². The molecule has 0 radical (unpaired) electrons. The van der Waals surface area contributed by atoms with Gasteiger partial charge < -0.3 is 24.8 Å². The zero-order valence-corrected chi connectivity index (χ0v) is 23.4. The quantitative estimate of drug-likeness (QED) is 0.560. The lowest BCUT2D eigenvalue weighted by molar-refractivity contribution is -0.122. The Balaban J connectivity index is 1.28. The van der Waals surface area contributed by atoms with Crippen LogP contribution in [0.1, 0.15) is 58.6 Å². The minimum atomic E-state index is -0.0682. The second-order valence-corrected chi connectivity index (χ2v) is 12.5. The van der Waals surface area contributed by atoms with Crippen LogP contribution in [0.15, 0.2) is 10.9 Å². The van der Waals surface area contributed by atoms with Gasteiger partial charge in [-0.2, -0.15) is 4.80 Å². The fourth-order valence-corrected chi connectivity index (χ4v) is 7.85. The highest BCUT2D eigenvalue weighted by Crippen LogP contribution is 2.57. The Hall–Kier alpha value is -2.72. The summed E-state index contributed by atoms with van der Waals surface area (Å²) in [6.07, 6.45) is 7.81. The van der Waals surface area contributed by atoms with Gasteiger partial charge in [0.1, 0.15) is 12.2 Å². The fraction of sp³-hybridized carbons (Fsp3) is 0.724. The van der Waals surface area contributed by atoms with Gasteiger partial charge in [-0.3, -0.25) is 9.59 Å². The molecular weight excluding hydrogens is 494 g/mol. The highest BCUT2D eigenvalue weighted by Gasteiger charge is 2.55. The van der Waals surface area contributed by atoms with Crippen molar-refractivity contribution in [2.45, 2.75) is 84.0 Å². The monoisotopic (exact) mass is 535 g/mol. The zero-order valence-electron chi connectivity index (χ0n) is 23.4. The number of nitrogens with zero attached hydrogens (tertiary/aromatic N) is 5. The van der Waals surface area contributed by atoms with Gasteiger partial charge in [0.2, 0.25) is 11.3 Å². The minimum Gasteiger partial charge on any atom is -0.377 e. The van der Waals surface area contributed by atoms with Crippen LogP contribution in [-0.4, -0.2) is 69.9 Å². The molecule has 3 aliphatic carbocycles. The van der Waals surface area contributed by atoms with Gasteiger partial charge >= 0.3 is 0 Å². The number of fused-ring (bicyclic) bond motifs is 3. The van der Waals surface area contributed by atoms with Crippen molar-refractivity contribution in [1.29, 1.82) is 0 Å². The van der Waals surface area contributed by atoms with E-state index in [9.17, 15) is 9.59 Å². The first-order valence-corrected chi connectivity index (χ1v) is 15.0. The normalized spacial score (nSPS) is 31.6. The predicted molar refractivity (Wildman–Crippen MR) is 150 cm³/mol. The topological polar surface area (TPSA) is 106 Å². The Morgan fingerprint density at radius 1 is 1.23 bits per heavy atom. The number of carbonyl (C=O) groups excluding carboxylic acids is 1. The van der Waals surface area contributed by atoms with Crippen LogP contribution in [0.5, 0.6) is 0 Å². The number of carbonyl (C=O) groups is 1. The molecule has 10 heteroatoms. The summed E-state index contributed by atoms with van der Waals surface area (Å²) in [7, 11) is 0. The van der Waals surface area contributed by atoms with Gasteiger partial charge in [-0.1, -0.05) is 20.8 Å². The van der Waals surface area contributed by atoms with Gasteiger partial charge in [-0.05, 0) is 61.9 Å². The van der Waals surface area contributed by atoms with E-state index >= 15 is 0 Å². The van der Waals surface area contributed by atoms with E-state index < -0.39 is 0 Å². The van der Waals surface area contributed by atoms with E-state index in [2.05, 4.69) is 36.3 Å². The Bertz CT molecular complexity index is 1380. The van der Waals surface area contributed by atoms with Crippen LogP contribution in [0, 0.1) is 23.7 Å². The molecule has 3 saturated carbocycles. The first-order valence-electron chi connectivity index (χ1n) is 15.0. The number of amides is 1. The van der Waals surface area contributed by atoms with Gasteiger partial charge in [-0.15, -0.1) is 10.2 Å². The third-order valence-corrected chi connectivity index (χ3v) is 10.1. The number of anilines is 1. The molecule has 2 N–H and O–H groups in total. The molecule has 7 rings (SSSR count). The van der Waals surface area contributed by atoms with Crippen LogP contribution in [0.2, 0.25) is 0 Å². The average Bonchev–Trinajstić information content (AvgIpc) is 3.43. The number of pyridine rings is 1. The largest absolute Gasteiger partial charge is 0.377 e. The van der Waals surface area contributed by atoms with Crippen LogP contribution < -0.4 is 21.0 Å². The number of ether oxygens (including phenoxy) is 1. The maximum atomic E-state index is 14.1. The Labute approximate surface area is 229 Å². The molecule has 4 fully saturated rings. The zero-order chi connectivity index (χ0) is 26.8. The maximum absolute atomic E-state index is 14.1. The molecule has 6 atom stereocenters. The third-order valence-electron chi connectivity index (χ3n) is 10.1. The minimum absolute atomic E-state index is 0.00215. The predicted octanol–water partition coefficient (Wildman–Crippen LogP) is 2.15. The summed E-state index contributed by atoms with van der Waals surface area (Å²) in [5, 5.41) is 16.5. The Morgan fingerprint density at radius 2 is 2.10 bits per heavy atom. The smallest absolute Gasteiger partial charge is 0.240 e. The van der Waals surface area contributed by atoms with Crippen molar-refractivity contribution >= 4 is 28.5 Å². The first kappa shape index (κ1) is 25.3. The molecule has 2 aromatic heterocycles. The number of hydrogen-bond acceptors (Lipinski definition) is 7. The van der Waals surface area contributed by atoms with Crippen LogP contribution >= 0.6 is 0 Å². The molecule has 1 saturated heterocycles. The van der Waals surface area contributed by atoms with Crippen LogP contribution in [0.4, 0.5) is 5.69 Å². The second-order valence-electron chi connectivity index (χ2n) is 12.5. The summed E-state index contributed by atoms with van der Waals surface area (Å²) in [6.45, 7) is 9.57. The molecular formula is C29H41N7O3. The second kappa shape index (κ2) is 9.73. The van der Waals surface area contributed by atoms with Crippen LogP contribution in [-0.2, 0) is 22.5 Å². The van der Waals surface area contributed by atoms with Crippen molar-refractivity contribution in [1.82, 2.24) is 30.2 Å². The van der Waals surface area contributed by atoms with Crippen molar-refractivity contribution in [3.05, 3.63) is 22.0 Å². The van der Waals surface area contributed by atoms with E-state index in [0.29, 0.717) is 72.7 Å². The van der Waals surface area contributed by atoms with E-state index in [1.807, 2.05) is 10.6 Å². The van der Waals surface area contributed by atoms with E-state index in [-0.39, 0.29) is 23.9 Å². The lowest BCUT2D eigenvalue weighted by atomic mass is 9.83. The van der Waals surface area contributed by atoms with Gasteiger partial charge in [0, 0.05) is 43.3 Å². The number of piperazine rings is 1. The van der Waals surface area contributed by atoms with Gasteiger partial charge in [-0.25, -0.2) is 0 Å². The molecule has 5 aliphatic rings. The summed E-state index contributed by atoms with van der Waals surface area (Å²) in [6, 6.07) is 0.977. The molecule has 10 nitrogen and oxygen atoms in total. The summed E-state index contributed by atoms with van der Waals surface area (Å²) in [5.74, 6) is 2.74. The Morgan fingerprint density at radius 3 is 2.79 bits per heavy atom. The van der Waals surface area contributed by atoms with Gasteiger partial charge in [0.15, 0.2) is 11.2 Å². The van der Waals surface area contributed by atoms with Crippen molar-refractivity contribution in [2.24, 2.45) is 23.7 Å². The summed E-state index contributed by atoms with van der Waals surface area (Å²) < 4.78 is 7.46. The number of aromatic nitrogens is 4. The number of hydrogen-bond donors (Lipinski definition) is 2. The summed E-state index contributed by atoms with van der Waals surface area (Å²) in [5.41, 5.74) is 3.31. The van der Waals surface area contributed by atoms with Crippen LogP contribution in [0.25, 0.3) is 16.9 Å². The van der Waals surface area contributed by atoms with Crippen molar-refractivity contribution < 1.29 is 9.53 Å². The molecule has 0 spiro atoms. The standard InChI is InChI=1S/C29H41N7O3/c1-4-23-27(34-10-9-30-21-5-6-24(21)34)28(38)26-29(33-36(32-26)17-7-11-39-12-8-17)35(23)15-25(37)31-22-14-18(16(2)3)19-13-20(19)22/h7,16,18-22,24,30H,4-6,8-15H2,1-3H3,(H,31,37)/t18-,19?,20?,21-,22?,24-/m0/s1. The van der Waals surface area contributed by atoms with E-state index in [0.717, 1.165) is 49.7 Å². The lowest BCUT2D eigenvalue weighted by Crippen LogP contribution is -2.64. The molecule has 210 valence electrons. The SMILES string of the molecule is CCc1c(N2CCN[C@H]3CC[C@@H]32)c(=O)c2nn(C3=CCOCC3)nc2n1CC(=O)NC1C[C@@H](C(C)C)C2CC12. The van der Waals surface area contributed by atoms with E-state index in [4.69, 9.17) is 14.9 Å². The Kier molecular flexibility index (Phi) is 6.30.